The van der Waals surface area contributed by atoms with Gasteiger partial charge in [0.1, 0.15) is 11.6 Å². The average Bonchev–Trinajstić information content (AvgIpc) is 3.37. The zero-order valence-electron chi connectivity index (χ0n) is 15.6. The number of carbonyl (C=O) groups is 2. The number of amides is 2. The molecular weight excluding hydrogens is 405 g/mol. The van der Waals surface area contributed by atoms with Crippen LogP contribution >= 0.6 is 11.3 Å². The van der Waals surface area contributed by atoms with Crippen molar-refractivity contribution in [3.05, 3.63) is 71.7 Å². The number of anilines is 1. The molecule has 0 radical (unpaired) electrons. The summed E-state index contributed by atoms with van der Waals surface area (Å²) in [7, 11) is 0. The van der Waals surface area contributed by atoms with E-state index in [1.54, 1.807) is 6.07 Å². The maximum Gasteiger partial charge on any atom is 0.228 e. The Labute approximate surface area is 174 Å². The summed E-state index contributed by atoms with van der Waals surface area (Å²) in [5.41, 5.74) is 1.85. The first-order chi connectivity index (χ1) is 14.6. The van der Waals surface area contributed by atoms with E-state index >= 15 is 0 Å². The fraction of sp³-hybridized carbons (Fsp3) is 0.136. The van der Waals surface area contributed by atoms with Crippen molar-refractivity contribution in [2.45, 2.75) is 18.9 Å². The lowest BCUT2D eigenvalue weighted by molar-refractivity contribution is -0.126. The van der Waals surface area contributed by atoms with Crippen LogP contribution in [0, 0.1) is 5.82 Å². The van der Waals surface area contributed by atoms with Crippen LogP contribution in [0.1, 0.15) is 23.7 Å². The van der Waals surface area contributed by atoms with E-state index in [4.69, 9.17) is 4.42 Å². The van der Waals surface area contributed by atoms with Crippen LogP contribution in [0.15, 0.2) is 59.0 Å². The number of nitrogens with one attached hydrogen (secondary N) is 2. The first kappa shape index (κ1) is 18.5. The normalized spacial score (nSPS) is 15.6. The van der Waals surface area contributed by atoms with Crippen molar-refractivity contribution in [1.29, 1.82) is 0 Å². The lowest BCUT2D eigenvalue weighted by Crippen LogP contribution is -2.34. The van der Waals surface area contributed by atoms with Gasteiger partial charge in [0.05, 0.1) is 22.7 Å². The maximum atomic E-state index is 13.5. The summed E-state index contributed by atoms with van der Waals surface area (Å²) < 4.78 is 20.4. The third kappa shape index (κ3) is 3.46. The number of aromatic nitrogens is 1. The molecule has 2 amide bonds. The third-order valence-electron chi connectivity index (χ3n) is 4.97. The number of furan rings is 1. The van der Waals surface area contributed by atoms with Crippen molar-refractivity contribution in [3.63, 3.8) is 0 Å². The minimum Gasteiger partial charge on any atom is -0.457 e. The fourth-order valence-corrected chi connectivity index (χ4v) is 4.46. The Hall–Kier alpha value is -3.52. The number of benzene rings is 2. The number of halogens is 1. The van der Waals surface area contributed by atoms with Gasteiger partial charge in [-0.15, -0.1) is 11.3 Å². The van der Waals surface area contributed by atoms with Gasteiger partial charge in [-0.3, -0.25) is 9.59 Å². The van der Waals surface area contributed by atoms with Gasteiger partial charge in [-0.05, 0) is 42.0 Å². The molecule has 2 N–H and O–H groups in total. The van der Waals surface area contributed by atoms with Gasteiger partial charge in [0.15, 0.2) is 10.8 Å². The average molecular weight is 421 g/mol. The highest BCUT2D eigenvalue weighted by Gasteiger charge is 2.31. The van der Waals surface area contributed by atoms with Gasteiger partial charge in [0, 0.05) is 12.1 Å². The Bertz CT molecular complexity index is 1250. The molecule has 0 unspecified atom stereocenters. The van der Waals surface area contributed by atoms with E-state index in [0.29, 0.717) is 22.8 Å². The number of carbonyl (C=O) groups excluding carboxylic acids is 2. The molecule has 8 heteroatoms. The van der Waals surface area contributed by atoms with Crippen molar-refractivity contribution < 1.29 is 18.4 Å². The van der Waals surface area contributed by atoms with Crippen LogP contribution < -0.4 is 10.6 Å². The number of para-hydroxylation sites is 1. The Balaban J connectivity index is 1.30. The minimum atomic E-state index is -0.673. The molecule has 0 aliphatic carbocycles. The van der Waals surface area contributed by atoms with Gasteiger partial charge in [-0.1, -0.05) is 18.2 Å². The highest BCUT2D eigenvalue weighted by atomic mass is 32.1. The van der Waals surface area contributed by atoms with Gasteiger partial charge in [-0.2, -0.15) is 0 Å². The Morgan fingerprint density at radius 3 is 2.97 bits per heavy atom. The van der Waals surface area contributed by atoms with Gasteiger partial charge in [-0.25, -0.2) is 9.37 Å². The zero-order valence-corrected chi connectivity index (χ0v) is 16.5. The first-order valence-electron chi connectivity index (χ1n) is 9.38. The summed E-state index contributed by atoms with van der Waals surface area (Å²) in [6, 6.07) is 15.5. The molecule has 4 aromatic rings. The SMILES string of the molecule is O=C1C[C@H](C(=O)NCc2ccc(-c3nc4ccccc4s3)o2)c2ccc(F)cc2N1. The standard InChI is InChI=1S/C22H16FN3O3S/c23-12-5-7-14-15(10-20(27)25-17(14)9-12)21(28)24-11-13-6-8-18(29-13)22-26-16-3-1-2-4-19(16)30-22/h1-9,15H,10-11H2,(H,24,28)(H,25,27)/t15-/m0/s1. The van der Waals surface area contributed by atoms with Crippen LogP contribution in [-0.2, 0) is 16.1 Å². The summed E-state index contributed by atoms with van der Waals surface area (Å²) >= 11 is 1.54. The molecule has 1 aliphatic heterocycles. The summed E-state index contributed by atoms with van der Waals surface area (Å²) in [4.78, 5) is 29.2. The minimum absolute atomic E-state index is 0.0135. The molecule has 2 aromatic heterocycles. The summed E-state index contributed by atoms with van der Waals surface area (Å²) in [5.74, 6) is -0.545. The lowest BCUT2D eigenvalue weighted by atomic mass is 9.89. The number of rotatable bonds is 4. The van der Waals surface area contributed by atoms with E-state index in [-0.39, 0.29) is 24.8 Å². The lowest BCUT2D eigenvalue weighted by Gasteiger charge is -2.24. The van der Waals surface area contributed by atoms with Crippen LogP contribution in [0.25, 0.3) is 21.0 Å². The molecule has 6 nitrogen and oxygen atoms in total. The molecule has 1 atom stereocenters. The van der Waals surface area contributed by atoms with Crippen LogP contribution in [0.2, 0.25) is 0 Å². The summed E-state index contributed by atoms with van der Waals surface area (Å²) in [5, 5.41) is 6.19. The molecule has 0 saturated heterocycles. The van der Waals surface area contributed by atoms with E-state index in [9.17, 15) is 14.0 Å². The van der Waals surface area contributed by atoms with E-state index in [1.165, 1.54) is 29.5 Å². The van der Waals surface area contributed by atoms with Crippen molar-refractivity contribution in [3.8, 4) is 10.8 Å². The maximum absolute atomic E-state index is 13.5. The van der Waals surface area contributed by atoms with Crippen molar-refractivity contribution in [1.82, 2.24) is 10.3 Å². The molecule has 0 spiro atoms. The Kier molecular flexibility index (Phi) is 4.55. The zero-order chi connectivity index (χ0) is 20.7. The first-order valence-corrected chi connectivity index (χ1v) is 10.2. The van der Waals surface area contributed by atoms with Crippen LogP contribution in [0.5, 0.6) is 0 Å². The van der Waals surface area contributed by atoms with E-state index < -0.39 is 11.7 Å². The van der Waals surface area contributed by atoms with Gasteiger partial charge >= 0.3 is 0 Å². The van der Waals surface area contributed by atoms with Crippen molar-refractivity contribution in [2.75, 3.05) is 5.32 Å². The van der Waals surface area contributed by atoms with E-state index in [2.05, 4.69) is 15.6 Å². The van der Waals surface area contributed by atoms with Gasteiger partial charge in [0.25, 0.3) is 0 Å². The third-order valence-corrected chi connectivity index (χ3v) is 6.02. The molecule has 3 heterocycles. The summed E-state index contributed by atoms with van der Waals surface area (Å²) in [6.07, 6.45) is 0.0135. The Morgan fingerprint density at radius 2 is 2.10 bits per heavy atom. The molecule has 5 rings (SSSR count). The second-order valence-electron chi connectivity index (χ2n) is 7.01. The van der Waals surface area contributed by atoms with Crippen molar-refractivity contribution in [2.24, 2.45) is 0 Å². The monoisotopic (exact) mass is 421 g/mol. The molecule has 2 aromatic carbocycles. The highest BCUT2D eigenvalue weighted by molar-refractivity contribution is 7.21. The molecule has 0 saturated carbocycles. The molecule has 1 aliphatic rings. The van der Waals surface area contributed by atoms with E-state index in [1.807, 2.05) is 30.3 Å². The van der Waals surface area contributed by atoms with Crippen LogP contribution in [0.4, 0.5) is 10.1 Å². The van der Waals surface area contributed by atoms with Crippen molar-refractivity contribution >= 4 is 39.1 Å². The number of thiazole rings is 1. The number of hydrogen-bond acceptors (Lipinski definition) is 5. The predicted molar refractivity (Wildman–Crippen MR) is 112 cm³/mol. The predicted octanol–water partition coefficient (Wildman–Crippen LogP) is 4.44. The highest BCUT2D eigenvalue weighted by Crippen LogP contribution is 2.33. The second-order valence-corrected chi connectivity index (χ2v) is 8.04. The van der Waals surface area contributed by atoms with Gasteiger partial charge in [0.2, 0.25) is 11.8 Å². The molecule has 0 fully saturated rings. The topological polar surface area (TPSA) is 84.2 Å². The number of hydrogen-bond donors (Lipinski definition) is 2. The van der Waals surface area contributed by atoms with Crippen LogP contribution in [0.3, 0.4) is 0 Å². The number of fused-ring (bicyclic) bond motifs is 2. The Morgan fingerprint density at radius 1 is 1.23 bits per heavy atom. The quantitative estimate of drug-likeness (QED) is 0.510. The van der Waals surface area contributed by atoms with Gasteiger partial charge < -0.3 is 15.1 Å². The smallest absolute Gasteiger partial charge is 0.228 e. The molecular formula is C22H16FN3O3S. The summed E-state index contributed by atoms with van der Waals surface area (Å²) in [6.45, 7) is 0.179. The number of nitrogens with zero attached hydrogens (tertiary/aromatic N) is 1. The largest absolute Gasteiger partial charge is 0.457 e. The fourth-order valence-electron chi connectivity index (χ4n) is 3.53. The second kappa shape index (κ2) is 7.38. The van der Waals surface area contributed by atoms with E-state index in [0.717, 1.165) is 15.2 Å². The van der Waals surface area contributed by atoms with Crippen LogP contribution in [-0.4, -0.2) is 16.8 Å². The molecule has 150 valence electrons. The molecule has 0 bridgehead atoms. The molecule has 30 heavy (non-hydrogen) atoms.